The van der Waals surface area contributed by atoms with Crippen LogP contribution in [0.2, 0.25) is 0 Å². The Kier molecular flexibility index (Phi) is 8.34. The van der Waals surface area contributed by atoms with E-state index in [1.165, 1.54) is 0 Å². The third-order valence-corrected chi connectivity index (χ3v) is 0. The second kappa shape index (κ2) is 4.01. The molecule has 2 N–H and O–H groups in total. The molecular weight excluding hydrogens is 460 g/mol. The topological polar surface area (TPSA) is 31.5 Å². The van der Waals surface area contributed by atoms with Gasteiger partial charge in [0.2, 0.25) is 0 Å². The van der Waals surface area contributed by atoms with Crippen molar-refractivity contribution in [2.45, 2.75) is 0 Å². The Hall–Kier alpha value is 3.99. The second-order valence-electron chi connectivity index (χ2n) is 0.714. The summed E-state index contributed by atoms with van der Waals surface area (Å²) in [5.74, 6) is 0. The van der Waals surface area contributed by atoms with Crippen LogP contribution in [0.25, 0.3) is 0 Å². The normalized spacial score (nSPS) is 18.0. The van der Waals surface area contributed by atoms with Crippen LogP contribution in [0.15, 0.2) is 0 Å². The van der Waals surface area contributed by atoms with Crippen molar-refractivity contribution >= 4 is 109 Å². The molecule has 9 heavy (non-hydrogen) atoms. The van der Waals surface area contributed by atoms with Gasteiger partial charge in [-0.25, -0.2) is 0 Å². The minimum atomic E-state index is -5.33. The molecule has 0 saturated heterocycles. The fourth-order valence-electron chi connectivity index (χ4n) is 0. The van der Waals surface area contributed by atoms with Crippen LogP contribution in [0, 0.1) is 0 Å². The molecule has 0 bridgehead atoms. The molecule has 0 fully saturated rings. The van der Waals surface area contributed by atoms with Gasteiger partial charge in [-0.15, -0.1) is 0 Å². The van der Waals surface area contributed by atoms with E-state index in [4.69, 9.17) is 57.5 Å². The average Bonchev–Trinajstić information content (AvgIpc) is 0.592. The van der Waals surface area contributed by atoms with E-state index < -0.39 is 6.81 Å². The number of halogens is 6. The maximum Gasteiger partial charge on any atom is 0 e. The van der Waals surface area contributed by atoms with Crippen LogP contribution in [0.1, 0.15) is 0 Å². The van der Waals surface area contributed by atoms with Crippen molar-refractivity contribution in [3.05, 3.63) is 0 Å². The van der Waals surface area contributed by atoms with E-state index in [2.05, 4.69) is 0 Å². The summed E-state index contributed by atoms with van der Waals surface area (Å²) >= 11 is 0. The molecule has 1 radical (unpaired) electrons. The molecule has 0 aromatic rings. The van der Waals surface area contributed by atoms with Gasteiger partial charge in [0.05, 0.1) is 0 Å². The Labute approximate surface area is 118 Å². The van der Waals surface area contributed by atoms with Gasteiger partial charge in [0.15, 0.2) is 0 Å². The Balaban J connectivity index is -0.000000180. The molecule has 0 heterocycles. The zero-order valence-corrected chi connectivity index (χ0v) is 14.2. The van der Waals surface area contributed by atoms with E-state index in [0.29, 0.717) is 0 Å². The van der Waals surface area contributed by atoms with Crippen LogP contribution >= 0.6 is 57.5 Å². The van der Waals surface area contributed by atoms with Crippen LogP contribution in [-0.2, 0) is 6.81 Å². The molecular formula is H2Cl6IrKO. The zero-order valence-electron chi connectivity index (χ0n) is 4.10. The summed E-state index contributed by atoms with van der Waals surface area (Å²) in [5, 5.41) is 0. The molecule has 60 valence electrons. The number of rotatable bonds is 0. The molecule has 0 rings (SSSR count). The summed E-state index contributed by atoms with van der Waals surface area (Å²) in [5.41, 5.74) is 0. The second-order valence-corrected chi connectivity index (χ2v) is 52.6. The number of hydrogen-bond acceptors (Lipinski definition) is 0. The smallest absolute Gasteiger partial charge is 0 e. The SMILES string of the molecule is O.[Cl][Ir]([Cl])([Cl])([Cl])([Cl])[Cl].[K]. The third-order valence-electron chi connectivity index (χ3n) is 0. The first-order valence-electron chi connectivity index (χ1n) is 0.756. The minimum Gasteiger partial charge on any atom is 0 e. The molecule has 1 nitrogen and oxygen atoms in total. The van der Waals surface area contributed by atoms with E-state index in [9.17, 15) is 0 Å². The molecule has 0 spiro atoms. The van der Waals surface area contributed by atoms with Crippen LogP contribution in [0.3, 0.4) is 0 Å². The van der Waals surface area contributed by atoms with Crippen LogP contribution in [-0.4, -0.2) is 56.9 Å². The van der Waals surface area contributed by atoms with E-state index in [1.807, 2.05) is 0 Å². The van der Waals surface area contributed by atoms with Crippen molar-refractivity contribution in [1.29, 1.82) is 0 Å². The zero-order chi connectivity index (χ0) is 6.41. The molecule has 0 aromatic heterocycles. The summed E-state index contributed by atoms with van der Waals surface area (Å²) in [6.07, 6.45) is 0. The summed E-state index contributed by atoms with van der Waals surface area (Å²) in [7, 11) is 30.3. The van der Waals surface area contributed by atoms with Crippen molar-refractivity contribution in [2.75, 3.05) is 0 Å². The summed E-state index contributed by atoms with van der Waals surface area (Å²) in [6.45, 7) is -5.33. The summed E-state index contributed by atoms with van der Waals surface area (Å²) in [4.78, 5) is 0. The molecule has 0 aliphatic rings. The minimum absolute atomic E-state index is 0. The maximum atomic E-state index is 5.06. The number of hydrogen-bond donors (Lipinski definition) is 0. The fourth-order valence-corrected chi connectivity index (χ4v) is 0. The molecule has 0 amide bonds. The van der Waals surface area contributed by atoms with E-state index in [1.54, 1.807) is 0 Å². The van der Waals surface area contributed by atoms with Gasteiger partial charge in [0.1, 0.15) is 0 Å². The maximum absolute atomic E-state index is 5.33. The monoisotopic (exact) mass is 460 g/mol. The largest absolute Gasteiger partial charge is 0 e. The van der Waals surface area contributed by atoms with Gasteiger partial charge in [-0.3, -0.25) is 0 Å². The van der Waals surface area contributed by atoms with E-state index >= 15 is 0 Å². The van der Waals surface area contributed by atoms with Crippen LogP contribution < -0.4 is 0 Å². The molecule has 0 aliphatic heterocycles. The predicted molar refractivity (Wildman–Crippen MR) is 44.5 cm³/mol. The average molecular weight is 462 g/mol. The Morgan fingerprint density at radius 2 is 0.667 bits per heavy atom. The van der Waals surface area contributed by atoms with Gasteiger partial charge in [-0.2, -0.15) is 0 Å². The first kappa shape index (κ1) is 18.7. The van der Waals surface area contributed by atoms with Crippen molar-refractivity contribution in [2.24, 2.45) is 0 Å². The van der Waals surface area contributed by atoms with E-state index in [0.717, 1.165) is 0 Å². The van der Waals surface area contributed by atoms with E-state index in [-0.39, 0.29) is 56.9 Å². The van der Waals surface area contributed by atoms with Crippen LogP contribution in [0.5, 0.6) is 0 Å². The quantitative estimate of drug-likeness (QED) is 0.497. The summed E-state index contributed by atoms with van der Waals surface area (Å²) in [6, 6.07) is 0. The van der Waals surface area contributed by atoms with Gasteiger partial charge in [-0.1, -0.05) is 0 Å². The van der Waals surface area contributed by atoms with Gasteiger partial charge in [-0.05, 0) is 0 Å². The standard InChI is InChI=1S/6ClH.Ir.K.H2O/h6*1H;;;1H2/q;;;;;;+6;;/p-6. The van der Waals surface area contributed by atoms with Crippen molar-refractivity contribution in [3.63, 3.8) is 0 Å². The van der Waals surface area contributed by atoms with Gasteiger partial charge in [0, 0.05) is 51.4 Å². The molecule has 0 atom stereocenters. The van der Waals surface area contributed by atoms with Gasteiger partial charge >= 0.3 is 64.3 Å². The first-order chi connectivity index (χ1) is 2.45. The molecule has 0 saturated carbocycles. The Bertz CT molecular complexity index is 71.6. The van der Waals surface area contributed by atoms with Crippen molar-refractivity contribution in [3.8, 4) is 0 Å². The predicted octanol–water partition coefficient (Wildman–Crippen LogP) is 2.93. The van der Waals surface area contributed by atoms with Crippen molar-refractivity contribution < 1.29 is 12.3 Å². The van der Waals surface area contributed by atoms with Gasteiger partial charge < -0.3 is 5.48 Å². The third kappa shape index (κ3) is 75.2. The van der Waals surface area contributed by atoms with Crippen LogP contribution in [0.4, 0.5) is 0 Å². The molecule has 9 heteroatoms. The van der Waals surface area contributed by atoms with Crippen molar-refractivity contribution in [1.82, 2.24) is 0 Å². The Morgan fingerprint density at radius 1 is 0.667 bits per heavy atom. The Morgan fingerprint density at radius 3 is 0.667 bits per heavy atom. The first-order valence-corrected chi connectivity index (χ1v) is 18.6. The summed E-state index contributed by atoms with van der Waals surface area (Å²) < 4.78 is 0. The molecule has 0 aliphatic carbocycles. The fraction of sp³-hybridized carbons (Fsp3) is 0. The molecule has 0 unspecified atom stereocenters. The van der Waals surface area contributed by atoms with Gasteiger partial charge in [0.25, 0.3) is 0 Å². The molecule has 0 aromatic carbocycles.